The summed E-state index contributed by atoms with van der Waals surface area (Å²) in [5.74, 6) is 0.706. The molecule has 1 atom stereocenters. The van der Waals surface area contributed by atoms with Crippen LogP contribution < -0.4 is 5.73 Å². The summed E-state index contributed by atoms with van der Waals surface area (Å²) in [6.45, 7) is 3.37. The maximum absolute atomic E-state index is 12.4. The first-order valence-electron chi connectivity index (χ1n) is 12.9. The Morgan fingerprint density at radius 2 is 1.95 bits per heavy atom. The van der Waals surface area contributed by atoms with Crippen LogP contribution in [0.3, 0.4) is 0 Å². The first kappa shape index (κ1) is 27.6. The summed E-state index contributed by atoms with van der Waals surface area (Å²) in [5, 5.41) is 3.03. The normalized spacial score (nSPS) is 21.9. The van der Waals surface area contributed by atoms with E-state index in [-0.39, 0.29) is 17.7 Å². The van der Waals surface area contributed by atoms with Gasteiger partial charge in [-0.1, -0.05) is 0 Å². The average molecular weight is 581 g/mol. The number of amides is 1. The number of nitrogens with one attached hydrogen (secondary N) is 1. The number of fused-ring (bicyclic) bond motifs is 1. The molecule has 9 nitrogen and oxygen atoms in total. The number of carbonyl (C=O) groups excluding carboxylic acids is 1. The Bertz CT molecular complexity index is 1440. The number of primary amides is 1. The summed E-state index contributed by atoms with van der Waals surface area (Å²) in [7, 11) is -3.62. The lowest BCUT2D eigenvalue weighted by Crippen LogP contribution is -2.38. The summed E-state index contributed by atoms with van der Waals surface area (Å²) >= 11 is 1.64. The van der Waals surface area contributed by atoms with E-state index in [4.69, 9.17) is 5.73 Å². The number of H-pyrrole nitrogens is 1. The van der Waals surface area contributed by atoms with E-state index in [1.54, 1.807) is 22.6 Å². The van der Waals surface area contributed by atoms with Crippen molar-refractivity contribution in [2.24, 2.45) is 5.73 Å². The van der Waals surface area contributed by atoms with Gasteiger partial charge in [0.05, 0.1) is 22.6 Å². The third kappa shape index (κ3) is 5.53. The molecule has 5 N–H and O–H groups in total. The third-order valence-corrected chi connectivity index (χ3v) is 12.6. The van der Waals surface area contributed by atoms with E-state index in [9.17, 15) is 22.3 Å². The summed E-state index contributed by atoms with van der Waals surface area (Å²) < 4.78 is 46.2. The van der Waals surface area contributed by atoms with E-state index in [2.05, 4.69) is 27.4 Å². The molecule has 0 radical (unpaired) electrons. The van der Waals surface area contributed by atoms with Crippen molar-refractivity contribution in [1.29, 1.82) is 0 Å². The number of thiophene rings is 1. The van der Waals surface area contributed by atoms with Crippen LogP contribution in [0, 0.1) is 0 Å². The highest BCUT2D eigenvalue weighted by Gasteiger charge is 2.31. The highest BCUT2D eigenvalue weighted by Crippen LogP contribution is 2.47. The quantitative estimate of drug-likeness (QED) is 0.310. The molecule has 0 saturated carbocycles. The number of hydrogen-bond donors (Lipinski definition) is 4. The second-order valence-corrected chi connectivity index (χ2v) is 16.1. The molecule has 2 aliphatic heterocycles. The summed E-state index contributed by atoms with van der Waals surface area (Å²) in [6.07, 6.45) is 4.18. The molecule has 208 valence electrons. The molecule has 2 fully saturated rings. The van der Waals surface area contributed by atoms with Gasteiger partial charge in [-0.15, -0.1) is 11.3 Å². The number of carbonyl (C=O) groups is 1. The number of nitrogens with two attached hydrogens (primary N) is 1. The molecule has 12 heteroatoms. The van der Waals surface area contributed by atoms with Gasteiger partial charge in [-0.3, -0.25) is 18.8 Å². The summed E-state index contributed by atoms with van der Waals surface area (Å²) in [6, 6.07) is 6.22. The Morgan fingerprint density at radius 1 is 1.21 bits per heavy atom. The van der Waals surface area contributed by atoms with Crippen LogP contribution in [0.2, 0.25) is 0 Å². The molecule has 0 spiro atoms. The molecular weight excluding hydrogens is 545 g/mol. The van der Waals surface area contributed by atoms with Crippen molar-refractivity contribution in [3.63, 3.8) is 0 Å². The van der Waals surface area contributed by atoms with E-state index in [1.807, 2.05) is 19.3 Å². The Balaban J connectivity index is 1.40. The maximum Gasteiger partial charge on any atom is 0.250 e. The Morgan fingerprint density at radius 3 is 2.58 bits per heavy atom. The van der Waals surface area contributed by atoms with Crippen LogP contribution in [0.4, 0.5) is 0 Å². The lowest BCUT2D eigenvalue weighted by Gasteiger charge is -2.31. The molecule has 1 unspecified atom stereocenters. The van der Waals surface area contributed by atoms with Gasteiger partial charge in [0.2, 0.25) is 10.0 Å². The van der Waals surface area contributed by atoms with Crippen LogP contribution in [0.5, 0.6) is 0 Å². The SMILES string of the molecule is CCS(=O)(=O)N1CCC(c2c[nH]c3c(C(N)=O)cc(-c4csc(CN(C)C5CCS(O)(O)C5)c4)cc23)CC1. The van der Waals surface area contributed by atoms with Crippen molar-refractivity contribution >= 4 is 48.8 Å². The zero-order valence-electron chi connectivity index (χ0n) is 21.7. The van der Waals surface area contributed by atoms with Crippen molar-refractivity contribution in [2.45, 2.75) is 44.7 Å². The molecule has 0 bridgehead atoms. The largest absolute Gasteiger partial charge is 0.366 e. The fourth-order valence-electron chi connectivity index (χ4n) is 5.72. The molecular formula is C26H36N4O5S3. The van der Waals surface area contributed by atoms with Gasteiger partial charge >= 0.3 is 0 Å². The van der Waals surface area contributed by atoms with Crippen LogP contribution in [0.15, 0.2) is 29.8 Å². The van der Waals surface area contributed by atoms with Crippen LogP contribution in [-0.2, 0) is 16.6 Å². The van der Waals surface area contributed by atoms with Crippen molar-refractivity contribution < 1.29 is 22.3 Å². The second kappa shape index (κ2) is 10.6. The molecule has 4 heterocycles. The number of nitrogens with zero attached hydrogens (tertiary/aromatic N) is 2. The number of hydrogen-bond acceptors (Lipinski definition) is 7. The maximum atomic E-state index is 12.4. The number of piperidine rings is 1. The monoisotopic (exact) mass is 580 g/mol. The number of aromatic nitrogens is 1. The molecule has 2 aliphatic rings. The molecule has 0 aliphatic carbocycles. The molecule has 1 amide bonds. The summed E-state index contributed by atoms with van der Waals surface area (Å²) in [5.41, 5.74) is 9.96. The topological polar surface area (TPSA) is 140 Å². The number of benzene rings is 1. The minimum absolute atomic E-state index is 0.111. The van der Waals surface area contributed by atoms with Crippen LogP contribution in [0.1, 0.15) is 52.9 Å². The molecule has 5 rings (SSSR count). The average Bonchev–Trinajstić information content (AvgIpc) is 3.61. The molecule has 38 heavy (non-hydrogen) atoms. The van der Waals surface area contributed by atoms with Crippen LogP contribution in [-0.4, -0.2) is 81.1 Å². The van der Waals surface area contributed by atoms with Crippen molar-refractivity contribution in [3.8, 4) is 11.1 Å². The molecule has 3 aromatic rings. The van der Waals surface area contributed by atoms with Gasteiger partial charge in [0.1, 0.15) is 0 Å². The fraction of sp³-hybridized carbons (Fsp3) is 0.500. The lowest BCUT2D eigenvalue weighted by atomic mass is 9.88. The van der Waals surface area contributed by atoms with Gasteiger partial charge < -0.3 is 10.7 Å². The zero-order chi connectivity index (χ0) is 27.2. The van der Waals surface area contributed by atoms with E-state index >= 15 is 0 Å². The number of aromatic amines is 1. The number of sulfonamides is 1. The first-order valence-corrected chi connectivity index (χ1v) is 17.3. The van der Waals surface area contributed by atoms with E-state index < -0.39 is 26.5 Å². The highest BCUT2D eigenvalue weighted by atomic mass is 32.3. The van der Waals surface area contributed by atoms with E-state index in [1.165, 1.54) is 0 Å². The van der Waals surface area contributed by atoms with Gasteiger partial charge in [0, 0.05) is 47.9 Å². The zero-order valence-corrected chi connectivity index (χ0v) is 24.2. The fourth-order valence-corrected chi connectivity index (χ4v) is 9.66. The van der Waals surface area contributed by atoms with E-state index in [0.717, 1.165) is 51.7 Å². The van der Waals surface area contributed by atoms with Crippen LogP contribution >= 0.6 is 21.9 Å². The third-order valence-electron chi connectivity index (χ3n) is 7.99. The van der Waals surface area contributed by atoms with E-state index in [0.29, 0.717) is 36.7 Å². The van der Waals surface area contributed by atoms with Gasteiger partial charge in [-0.2, -0.15) is 10.6 Å². The predicted molar refractivity (Wildman–Crippen MR) is 156 cm³/mol. The highest BCUT2D eigenvalue weighted by molar-refractivity contribution is 8.24. The Labute approximate surface area is 229 Å². The second-order valence-electron chi connectivity index (χ2n) is 10.5. The van der Waals surface area contributed by atoms with Gasteiger partial charge in [-0.05, 0) is 79.4 Å². The van der Waals surface area contributed by atoms with Gasteiger partial charge in [0.25, 0.3) is 5.91 Å². The minimum Gasteiger partial charge on any atom is -0.366 e. The summed E-state index contributed by atoms with van der Waals surface area (Å²) in [4.78, 5) is 19.0. The molecule has 2 aromatic heterocycles. The molecule has 1 aromatic carbocycles. The number of rotatable bonds is 8. The lowest BCUT2D eigenvalue weighted by molar-refractivity contribution is 0.100. The standard InChI is InChI=1S/C26H36N4O5S3/c1-3-38(34,35)30-7-4-17(5-8-30)24-13-28-25-22(24)11-18(12-23(25)26(27)31)19-10-21(36-15-19)14-29(2)20-6-9-37(32,33)16-20/h10-13,15,17,20,28,32-33H,3-9,14,16H2,1-2H3,(H2,27,31). The van der Waals surface area contributed by atoms with Gasteiger partial charge in [0.15, 0.2) is 0 Å². The van der Waals surface area contributed by atoms with Crippen LogP contribution in [0.25, 0.3) is 22.0 Å². The Kier molecular flexibility index (Phi) is 7.68. The smallest absolute Gasteiger partial charge is 0.250 e. The minimum atomic E-state index is -3.20. The predicted octanol–water partition coefficient (Wildman–Crippen LogP) is 4.48. The molecule has 2 saturated heterocycles. The van der Waals surface area contributed by atoms with Crippen molar-refractivity contribution in [2.75, 3.05) is 37.4 Å². The first-order chi connectivity index (χ1) is 18.0. The van der Waals surface area contributed by atoms with Gasteiger partial charge in [-0.25, -0.2) is 12.7 Å². The van der Waals surface area contributed by atoms with Crippen molar-refractivity contribution in [3.05, 3.63) is 45.8 Å². The Hall–Kier alpha value is -1.93. The van der Waals surface area contributed by atoms with Crippen molar-refractivity contribution in [1.82, 2.24) is 14.2 Å².